The minimum absolute atomic E-state index is 0.00814. The summed E-state index contributed by atoms with van der Waals surface area (Å²) in [6.45, 7) is 13.9. The van der Waals surface area contributed by atoms with Crippen LogP contribution in [-0.2, 0) is 12.0 Å². The maximum Gasteiger partial charge on any atom is 0.211 e. The number of rotatable bonds is 4. The molecule has 1 fully saturated rings. The Bertz CT molecular complexity index is 639. The molecule has 0 aromatic carbocycles. The van der Waals surface area contributed by atoms with Gasteiger partial charge in [-0.25, -0.2) is 4.98 Å². The van der Waals surface area contributed by atoms with Crippen LogP contribution >= 0.6 is 0 Å². The maximum absolute atomic E-state index is 6.01. The Morgan fingerprint density at radius 2 is 1.79 bits per heavy atom. The Morgan fingerprint density at radius 3 is 2.38 bits per heavy atom. The Balaban J connectivity index is 1.55. The monoisotopic (exact) mass is 328 g/mol. The molecule has 1 aliphatic rings. The summed E-state index contributed by atoms with van der Waals surface area (Å²) in [4.78, 5) is 13.6. The molecule has 3 rings (SSSR count). The van der Waals surface area contributed by atoms with Crippen molar-refractivity contribution in [3.8, 4) is 0 Å². The van der Waals surface area contributed by atoms with Crippen LogP contribution in [0.5, 0.6) is 0 Å². The van der Waals surface area contributed by atoms with Gasteiger partial charge >= 0.3 is 0 Å². The number of pyridine rings is 1. The molecule has 0 saturated carbocycles. The molecule has 130 valence electrons. The van der Waals surface area contributed by atoms with E-state index in [9.17, 15) is 0 Å². The zero-order chi connectivity index (χ0) is 17.2. The Labute approximate surface area is 144 Å². The SMILES string of the molecule is C[C@@H](c1ncc(C(C)(C)C)o1)N1CCN(Cc2ccncc2)CC1. The molecule has 3 heterocycles. The summed E-state index contributed by atoms with van der Waals surface area (Å²) in [5.41, 5.74) is 1.34. The Kier molecular flexibility index (Phi) is 5.01. The van der Waals surface area contributed by atoms with E-state index in [0.29, 0.717) is 0 Å². The Hall–Kier alpha value is -1.72. The molecule has 1 aliphatic heterocycles. The largest absolute Gasteiger partial charge is 0.443 e. The topological polar surface area (TPSA) is 45.4 Å². The first-order chi connectivity index (χ1) is 11.4. The van der Waals surface area contributed by atoms with Gasteiger partial charge in [0.1, 0.15) is 5.76 Å². The molecule has 0 radical (unpaired) electrons. The summed E-state index contributed by atoms with van der Waals surface area (Å²) in [6.07, 6.45) is 5.61. The number of piperazine rings is 1. The van der Waals surface area contributed by atoms with Crippen LogP contribution in [0, 0.1) is 0 Å². The molecule has 0 unspecified atom stereocenters. The second-order valence-corrected chi connectivity index (χ2v) is 7.66. The number of aromatic nitrogens is 2. The highest BCUT2D eigenvalue weighted by Gasteiger charge is 2.27. The van der Waals surface area contributed by atoms with Crippen molar-refractivity contribution in [3.63, 3.8) is 0 Å². The predicted molar refractivity (Wildman–Crippen MR) is 94.7 cm³/mol. The molecule has 0 amide bonds. The molecule has 5 heteroatoms. The van der Waals surface area contributed by atoms with Gasteiger partial charge in [0.2, 0.25) is 5.89 Å². The third-order valence-corrected chi connectivity index (χ3v) is 4.73. The molecule has 0 N–H and O–H groups in total. The zero-order valence-corrected chi connectivity index (χ0v) is 15.2. The van der Waals surface area contributed by atoms with Crippen LogP contribution < -0.4 is 0 Å². The van der Waals surface area contributed by atoms with Crippen LogP contribution in [-0.4, -0.2) is 45.9 Å². The lowest BCUT2D eigenvalue weighted by Gasteiger charge is -2.37. The normalized spacial score (nSPS) is 18.7. The highest BCUT2D eigenvalue weighted by Crippen LogP contribution is 2.27. The van der Waals surface area contributed by atoms with Crippen molar-refractivity contribution in [1.29, 1.82) is 0 Å². The van der Waals surface area contributed by atoms with Gasteiger partial charge in [-0.05, 0) is 24.6 Å². The van der Waals surface area contributed by atoms with Crippen molar-refractivity contribution in [2.75, 3.05) is 26.2 Å². The molecule has 0 bridgehead atoms. The number of nitrogens with zero attached hydrogens (tertiary/aromatic N) is 4. The van der Waals surface area contributed by atoms with E-state index < -0.39 is 0 Å². The summed E-state index contributed by atoms with van der Waals surface area (Å²) in [7, 11) is 0. The summed E-state index contributed by atoms with van der Waals surface area (Å²) in [5, 5.41) is 0. The van der Waals surface area contributed by atoms with Crippen LogP contribution in [0.1, 0.15) is 51.0 Å². The van der Waals surface area contributed by atoms with Crippen LogP contribution in [0.2, 0.25) is 0 Å². The van der Waals surface area contributed by atoms with E-state index in [1.54, 1.807) is 0 Å². The Morgan fingerprint density at radius 1 is 1.12 bits per heavy atom. The van der Waals surface area contributed by atoms with Gasteiger partial charge in [0, 0.05) is 50.5 Å². The van der Waals surface area contributed by atoms with E-state index in [0.717, 1.165) is 44.4 Å². The van der Waals surface area contributed by atoms with Gasteiger partial charge in [-0.15, -0.1) is 0 Å². The quantitative estimate of drug-likeness (QED) is 0.862. The number of oxazole rings is 1. The highest BCUT2D eigenvalue weighted by molar-refractivity contribution is 5.10. The lowest BCUT2D eigenvalue weighted by molar-refractivity contribution is 0.0863. The van der Waals surface area contributed by atoms with E-state index in [2.05, 4.69) is 59.6 Å². The molecule has 2 aromatic rings. The van der Waals surface area contributed by atoms with E-state index in [-0.39, 0.29) is 11.5 Å². The second kappa shape index (κ2) is 7.03. The van der Waals surface area contributed by atoms with Crippen LogP contribution in [0.4, 0.5) is 0 Å². The van der Waals surface area contributed by atoms with Gasteiger partial charge in [-0.3, -0.25) is 14.8 Å². The lowest BCUT2D eigenvalue weighted by atomic mass is 9.94. The third kappa shape index (κ3) is 4.02. The van der Waals surface area contributed by atoms with Gasteiger partial charge in [0.15, 0.2) is 0 Å². The molecule has 5 nitrogen and oxygen atoms in total. The second-order valence-electron chi connectivity index (χ2n) is 7.66. The van der Waals surface area contributed by atoms with Crippen molar-refractivity contribution in [1.82, 2.24) is 19.8 Å². The fourth-order valence-electron chi connectivity index (χ4n) is 3.04. The minimum atomic E-state index is 0.00814. The van der Waals surface area contributed by atoms with Gasteiger partial charge in [0.05, 0.1) is 12.2 Å². The van der Waals surface area contributed by atoms with E-state index >= 15 is 0 Å². The molecule has 1 atom stereocenters. The summed E-state index contributed by atoms with van der Waals surface area (Å²) in [6, 6.07) is 4.41. The van der Waals surface area contributed by atoms with Gasteiger partial charge < -0.3 is 4.42 Å². The van der Waals surface area contributed by atoms with E-state index in [1.165, 1.54) is 5.56 Å². The third-order valence-electron chi connectivity index (χ3n) is 4.73. The zero-order valence-electron chi connectivity index (χ0n) is 15.2. The van der Waals surface area contributed by atoms with Crippen LogP contribution in [0.25, 0.3) is 0 Å². The van der Waals surface area contributed by atoms with Crippen molar-refractivity contribution in [2.24, 2.45) is 0 Å². The predicted octanol–water partition coefficient (Wildman–Crippen LogP) is 3.25. The molecule has 2 aromatic heterocycles. The average molecular weight is 328 g/mol. The fraction of sp³-hybridized carbons (Fsp3) is 0.579. The molecule has 0 aliphatic carbocycles. The molecular formula is C19H28N4O. The summed E-state index contributed by atoms with van der Waals surface area (Å²) >= 11 is 0. The number of hydrogen-bond donors (Lipinski definition) is 0. The molecule has 0 spiro atoms. The van der Waals surface area contributed by atoms with Gasteiger partial charge in [0.25, 0.3) is 0 Å². The standard InChI is InChI=1S/C19H28N4O/c1-15(18-21-13-17(24-18)19(2,3)4)23-11-9-22(10-12-23)14-16-5-7-20-8-6-16/h5-8,13,15H,9-12,14H2,1-4H3/t15-/m0/s1. The number of hydrogen-bond acceptors (Lipinski definition) is 5. The van der Waals surface area contributed by atoms with E-state index in [1.807, 2.05) is 18.6 Å². The first kappa shape index (κ1) is 17.1. The highest BCUT2D eigenvalue weighted by atomic mass is 16.4. The first-order valence-corrected chi connectivity index (χ1v) is 8.75. The average Bonchev–Trinajstić information content (AvgIpc) is 3.06. The fourth-order valence-corrected chi connectivity index (χ4v) is 3.04. The molecule has 24 heavy (non-hydrogen) atoms. The van der Waals surface area contributed by atoms with Gasteiger partial charge in [-0.2, -0.15) is 0 Å². The van der Waals surface area contributed by atoms with Crippen LogP contribution in [0.15, 0.2) is 35.1 Å². The smallest absolute Gasteiger partial charge is 0.211 e. The lowest BCUT2D eigenvalue weighted by Crippen LogP contribution is -2.46. The van der Waals surface area contributed by atoms with Crippen molar-refractivity contribution in [2.45, 2.75) is 45.7 Å². The van der Waals surface area contributed by atoms with E-state index in [4.69, 9.17) is 4.42 Å². The first-order valence-electron chi connectivity index (χ1n) is 8.75. The molecule has 1 saturated heterocycles. The van der Waals surface area contributed by atoms with Crippen molar-refractivity contribution < 1.29 is 4.42 Å². The molecular weight excluding hydrogens is 300 g/mol. The van der Waals surface area contributed by atoms with Crippen molar-refractivity contribution >= 4 is 0 Å². The van der Waals surface area contributed by atoms with Crippen LogP contribution in [0.3, 0.4) is 0 Å². The maximum atomic E-state index is 6.01. The van der Waals surface area contributed by atoms with Gasteiger partial charge in [-0.1, -0.05) is 20.8 Å². The minimum Gasteiger partial charge on any atom is -0.443 e. The van der Waals surface area contributed by atoms with Crippen molar-refractivity contribution in [3.05, 3.63) is 47.9 Å². The summed E-state index contributed by atoms with van der Waals surface area (Å²) < 4.78 is 6.01. The summed E-state index contributed by atoms with van der Waals surface area (Å²) in [5.74, 6) is 1.79.